The maximum atomic E-state index is 8.66. The maximum absolute atomic E-state index is 8.66. The number of aliphatic hydroxyl groups is 1. The third kappa shape index (κ3) is 2.89. The summed E-state index contributed by atoms with van der Waals surface area (Å²) in [4.78, 5) is 0. The van der Waals surface area contributed by atoms with Gasteiger partial charge in [-0.05, 0) is 5.56 Å². The van der Waals surface area contributed by atoms with Crippen molar-refractivity contribution in [3.8, 4) is 0 Å². The van der Waals surface area contributed by atoms with Gasteiger partial charge in [-0.1, -0.05) is 30.3 Å². The van der Waals surface area contributed by atoms with Crippen LogP contribution in [0.15, 0.2) is 30.3 Å². The van der Waals surface area contributed by atoms with Crippen LogP contribution in [0.2, 0.25) is 0 Å². The van der Waals surface area contributed by atoms with Crippen molar-refractivity contribution in [2.75, 3.05) is 6.61 Å². The summed E-state index contributed by atoms with van der Waals surface area (Å²) in [6.07, 6.45) is 0. The van der Waals surface area contributed by atoms with Crippen LogP contribution in [-0.2, 0) is 0 Å². The third-order valence-electron chi connectivity index (χ3n) is 1.42. The van der Waals surface area contributed by atoms with E-state index in [9.17, 15) is 0 Å². The van der Waals surface area contributed by atoms with Gasteiger partial charge in [-0.25, -0.2) is 0 Å². The van der Waals surface area contributed by atoms with Gasteiger partial charge in [0.05, 0.1) is 12.6 Å². The van der Waals surface area contributed by atoms with Crippen molar-refractivity contribution in [3.05, 3.63) is 35.9 Å². The standard InChI is InChI=1S/C8H11NO.ClH/c9-8(6-10)7-4-2-1-3-5-7;/h1-5,8,10H,6,9H2;1H/t8-;/m0./s1. The zero-order valence-corrected chi connectivity index (χ0v) is 6.92. The number of hydrogen-bond acceptors (Lipinski definition) is 2. The minimum absolute atomic E-state index is 0. The van der Waals surface area contributed by atoms with Gasteiger partial charge in [-0.3, -0.25) is 0 Å². The number of halogens is 1. The molecule has 0 heterocycles. The molecule has 0 spiro atoms. The Morgan fingerprint density at radius 2 is 1.82 bits per heavy atom. The van der Waals surface area contributed by atoms with E-state index < -0.39 is 0 Å². The van der Waals surface area contributed by atoms with Gasteiger partial charge in [0, 0.05) is 0 Å². The molecule has 0 aliphatic carbocycles. The van der Waals surface area contributed by atoms with Gasteiger partial charge >= 0.3 is 0 Å². The Morgan fingerprint density at radius 1 is 1.27 bits per heavy atom. The first-order valence-corrected chi connectivity index (χ1v) is 3.26. The molecule has 0 bridgehead atoms. The maximum Gasteiger partial charge on any atom is 0.0624 e. The van der Waals surface area contributed by atoms with E-state index in [1.807, 2.05) is 30.3 Å². The summed E-state index contributed by atoms with van der Waals surface area (Å²) >= 11 is 0. The highest BCUT2D eigenvalue weighted by Gasteiger charge is 2.00. The predicted molar refractivity (Wildman–Crippen MR) is 47.7 cm³/mol. The molecule has 3 heteroatoms. The van der Waals surface area contributed by atoms with Gasteiger partial charge in [0.1, 0.15) is 0 Å². The van der Waals surface area contributed by atoms with Crippen LogP contribution >= 0.6 is 12.4 Å². The van der Waals surface area contributed by atoms with E-state index in [4.69, 9.17) is 10.8 Å². The lowest BCUT2D eigenvalue weighted by atomic mass is 10.1. The molecule has 0 amide bonds. The van der Waals surface area contributed by atoms with E-state index >= 15 is 0 Å². The van der Waals surface area contributed by atoms with Gasteiger partial charge in [0.2, 0.25) is 0 Å². The van der Waals surface area contributed by atoms with Crippen LogP contribution in [0.25, 0.3) is 0 Å². The molecule has 0 radical (unpaired) electrons. The lowest BCUT2D eigenvalue weighted by Crippen LogP contribution is -2.13. The Balaban J connectivity index is 0.000001000. The van der Waals surface area contributed by atoms with Crippen LogP contribution in [0.4, 0.5) is 0 Å². The van der Waals surface area contributed by atoms with Crippen molar-refractivity contribution in [2.24, 2.45) is 5.73 Å². The second-order valence-corrected chi connectivity index (χ2v) is 2.20. The van der Waals surface area contributed by atoms with Crippen LogP contribution in [-0.4, -0.2) is 11.7 Å². The summed E-state index contributed by atoms with van der Waals surface area (Å²) in [6.45, 7) is 0.00398. The van der Waals surface area contributed by atoms with Crippen molar-refractivity contribution < 1.29 is 5.11 Å². The fourth-order valence-corrected chi connectivity index (χ4v) is 0.806. The number of benzene rings is 1. The first-order valence-electron chi connectivity index (χ1n) is 3.26. The molecule has 0 aromatic heterocycles. The minimum atomic E-state index is -0.235. The predicted octanol–water partition coefficient (Wildman–Crippen LogP) is 1.10. The van der Waals surface area contributed by atoms with E-state index in [0.29, 0.717) is 0 Å². The third-order valence-corrected chi connectivity index (χ3v) is 1.42. The molecule has 1 aromatic rings. The Bertz CT molecular complexity index is 191. The van der Waals surface area contributed by atoms with Gasteiger partial charge in [0.25, 0.3) is 0 Å². The van der Waals surface area contributed by atoms with E-state index in [-0.39, 0.29) is 25.1 Å². The molecule has 1 atom stereocenters. The lowest BCUT2D eigenvalue weighted by molar-refractivity contribution is 0.268. The molecule has 11 heavy (non-hydrogen) atoms. The highest BCUT2D eigenvalue weighted by molar-refractivity contribution is 5.85. The van der Waals surface area contributed by atoms with Crippen molar-refractivity contribution >= 4 is 12.4 Å². The monoisotopic (exact) mass is 173 g/mol. The van der Waals surface area contributed by atoms with E-state index in [1.165, 1.54) is 0 Å². The molecule has 2 nitrogen and oxygen atoms in total. The molecule has 0 saturated carbocycles. The minimum Gasteiger partial charge on any atom is -0.394 e. The molecule has 1 aromatic carbocycles. The largest absolute Gasteiger partial charge is 0.394 e. The Labute approximate surface area is 72.4 Å². The number of hydrogen-bond donors (Lipinski definition) is 2. The molecular formula is C8H12ClNO. The average Bonchev–Trinajstić information content (AvgIpc) is 2.05. The second-order valence-electron chi connectivity index (χ2n) is 2.20. The smallest absolute Gasteiger partial charge is 0.0624 e. The van der Waals surface area contributed by atoms with E-state index in [0.717, 1.165) is 5.56 Å². The number of rotatable bonds is 2. The SMILES string of the molecule is Cl.N[C@@H](CO)c1ccccc1. The number of aliphatic hydroxyl groups excluding tert-OH is 1. The Hall–Kier alpha value is -0.570. The first-order chi connectivity index (χ1) is 4.84. The quantitative estimate of drug-likeness (QED) is 0.704. The molecule has 3 N–H and O–H groups in total. The Morgan fingerprint density at radius 3 is 2.27 bits per heavy atom. The summed E-state index contributed by atoms with van der Waals surface area (Å²) < 4.78 is 0. The van der Waals surface area contributed by atoms with Crippen molar-refractivity contribution in [1.82, 2.24) is 0 Å². The summed E-state index contributed by atoms with van der Waals surface area (Å²) in [6, 6.07) is 9.31. The summed E-state index contributed by atoms with van der Waals surface area (Å²) in [5.41, 5.74) is 6.52. The molecule has 0 aliphatic heterocycles. The van der Waals surface area contributed by atoms with Gasteiger partial charge < -0.3 is 10.8 Å². The lowest BCUT2D eigenvalue weighted by Gasteiger charge is -2.06. The van der Waals surface area contributed by atoms with Crippen molar-refractivity contribution in [2.45, 2.75) is 6.04 Å². The van der Waals surface area contributed by atoms with E-state index in [1.54, 1.807) is 0 Å². The molecule has 0 unspecified atom stereocenters. The fraction of sp³-hybridized carbons (Fsp3) is 0.250. The molecule has 0 saturated heterocycles. The first kappa shape index (κ1) is 10.4. The zero-order valence-electron chi connectivity index (χ0n) is 6.10. The van der Waals surface area contributed by atoms with Gasteiger partial charge in [0.15, 0.2) is 0 Å². The topological polar surface area (TPSA) is 46.2 Å². The van der Waals surface area contributed by atoms with Crippen LogP contribution in [0, 0.1) is 0 Å². The average molecular weight is 174 g/mol. The van der Waals surface area contributed by atoms with Gasteiger partial charge in [-0.2, -0.15) is 0 Å². The van der Waals surface area contributed by atoms with Crippen molar-refractivity contribution in [3.63, 3.8) is 0 Å². The fourth-order valence-electron chi connectivity index (χ4n) is 0.806. The molecular weight excluding hydrogens is 162 g/mol. The van der Waals surface area contributed by atoms with Crippen LogP contribution < -0.4 is 5.73 Å². The van der Waals surface area contributed by atoms with E-state index in [2.05, 4.69) is 0 Å². The Kier molecular flexibility index (Phi) is 4.86. The molecule has 0 fully saturated rings. The highest BCUT2D eigenvalue weighted by Crippen LogP contribution is 2.06. The molecule has 1 rings (SSSR count). The zero-order chi connectivity index (χ0) is 7.40. The normalized spacial score (nSPS) is 11.8. The number of nitrogens with two attached hydrogens (primary N) is 1. The van der Waals surface area contributed by atoms with Crippen LogP contribution in [0.1, 0.15) is 11.6 Å². The van der Waals surface area contributed by atoms with Crippen molar-refractivity contribution in [1.29, 1.82) is 0 Å². The highest BCUT2D eigenvalue weighted by atomic mass is 35.5. The summed E-state index contributed by atoms with van der Waals surface area (Å²) in [5, 5.41) is 8.66. The molecule has 0 aliphatic rings. The summed E-state index contributed by atoms with van der Waals surface area (Å²) in [7, 11) is 0. The second kappa shape index (κ2) is 5.13. The van der Waals surface area contributed by atoms with Crippen LogP contribution in [0.5, 0.6) is 0 Å². The summed E-state index contributed by atoms with van der Waals surface area (Å²) in [5.74, 6) is 0. The molecule has 62 valence electrons. The van der Waals surface area contributed by atoms with Gasteiger partial charge in [-0.15, -0.1) is 12.4 Å². The van der Waals surface area contributed by atoms with Crippen LogP contribution in [0.3, 0.4) is 0 Å².